The molecule has 0 fully saturated rings. The minimum atomic E-state index is -0.864. The lowest BCUT2D eigenvalue weighted by Gasteiger charge is -2.07. The predicted octanol–water partition coefficient (Wildman–Crippen LogP) is -0.111. The lowest BCUT2D eigenvalue weighted by Crippen LogP contribution is -2.19. The molecule has 0 aliphatic rings. The number of ether oxygens (including phenoxy) is 1. The molecule has 0 aliphatic heterocycles. The first-order valence-electron chi connectivity index (χ1n) is 3.33. The monoisotopic (exact) mass is 160 g/mol. The van der Waals surface area contributed by atoms with E-state index in [4.69, 9.17) is 5.11 Å². The third kappa shape index (κ3) is 6.99. The van der Waals surface area contributed by atoms with Crippen molar-refractivity contribution in [2.45, 2.75) is 26.4 Å². The molecule has 0 radical (unpaired) electrons. The van der Waals surface area contributed by atoms with Gasteiger partial charge in [-0.2, -0.15) is 0 Å². The van der Waals surface area contributed by atoms with Gasteiger partial charge < -0.3 is 9.84 Å². The zero-order valence-corrected chi connectivity index (χ0v) is 6.66. The summed E-state index contributed by atoms with van der Waals surface area (Å²) in [6.45, 7) is 2.52. The maximum atomic E-state index is 10.4. The second-order valence-corrected chi connectivity index (χ2v) is 2.36. The van der Waals surface area contributed by atoms with Crippen LogP contribution in [0.3, 0.4) is 0 Å². The van der Waals surface area contributed by atoms with E-state index < -0.39 is 12.1 Å². The van der Waals surface area contributed by atoms with Crippen LogP contribution in [0.1, 0.15) is 20.3 Å². The number of carbonyl (C=O) groups excluding carboxylic acids is 2. The van der Waals surface area contributed by atoms with Gasteiger partial charge in [-0.05, 0) is 6.92 Å². The van der Waals surface area contributed by atoms with Crippen LogP contribution >= 0.6 is 0 Å². The van der Waals surface area contributed by atoms with Crippen LogP contribution in [0.2, 0.25) is 0 Å². The Balaban J connectivity index is 3.44. The van der Waals surface area contributed by atoms with Crippen LogP contribution in [0.15, 0.2) is 0 Å². The molecule has 0 rings (SSSR count). The van der Waals surface area contributed by atoms with Crippen molar-refractivity contribution in [3.05, 3.63) is 0 Å². The molecule has 0 saturated carbocycles. The van der Waals surface area contributed by atoms with Crippen molar-refractivity contribution in [2.75, 3.05) is 6.61 Å². The van der Waals surface area contributed by atoms with E-state index in [1.807, 2.05) is 0 Å². The summed E-state index contributed by atoms with van der Waals surface area (Å²) in [6, 6.07) is 0. The third-order valence-electron chi connectivity index (χ3n) is 1.00. The Morgan fingerprint density at radius 3 is 2.36 bits per heavy atom. The van der Waals surface area contributed by atoms with Gasteiger partial charge in [-0.3, -0.25) is 9.59 Å². The van der Waals surface area contributed by atoms with Crippen LogP contribution < -0.4 is 0 Å². The van der Waals surface area contributed by atoms with Crippen LogP contribution in [0.25, 0.3) is 0 Å². The summed E-state index contributed by atoms with van der Waals surface area (Å²) in [7, 11) is 0. The maximum Gasteiger partial charge on any atom is 0.302 e. The first-order valence-corrected chi connectivity index (χ1v) is 3.33. The maximum absolute atomic E-state index is 10.4. The fraction of sp³-hybridized carbons (Fsp3) is 0.714. The molecule has 1 atom stereocenters. The predicted molar refractivity (Wildman–Crippen MR) is 37.9 cm³/mol. The zero-order valence-electron chi connectivity index (χ0n) is 6.66. The highest BCUT2D eigenvalue weighted by Gasteiger charge is 2.08. The van der Waals surface area contributed by atoms with Crippen LogP contribution in [0.5, 0.6) is 0 Å². The number of rotatable bonds is 4. The fourth-order valence-electron chi connectivity index (χ4n) is 0.604. The smallest absolute Gasteiger partial charge is 0.302 e. The molecule has 0 spiro atoms. The molecule has 0 aliphatic carbocycles. The van der Waals surface area contributed by atoms with E-state index in [0.717, 1.165) is 0 Å². The largest absolute Gasteiger partial charge is 0.463 e. The van der Waals surface area contributed by atoms with Crippen molar-refractivity contribution < 1.29 is 19.4 Å². The molecule has 4 nitrogen and oxygen atoms in total. The van der Waals surface area contributed by atoms with E-state index >= 15 is 0 Å². The summed E-state index contributed by atoms with van der Waals surface area (Å²) in [4.78, 5) is 20.6. The Morgan fingerprint density at radius 1 is 1.45 bits per heavy atom. The quantitative estimate of drug-likeness (QED) is 0.583. The van der Waals surface area contributed by atoms with Crippen molar-refractivity contribution >= 4 is 11.8 Å². The highest BCUT2D eigenvalue weighted by atomic mass is 16.5. The molecular formula is C7H12O4. The van der Waals surface area contributed by atoms with Crippen molar-refractivity contribution in [1.29, 1.82) is 0 Å². The molecule has 1 N–H and O–H groups in total. The number of hydrogen-bond acceptors (Lipinski definition) is 4. The van der Waals surface area contributed by atoms with Gasteiger partial charge in [0.15, 0.2) is 0 Å². The van der Waals surface area contributed by atoms with E-state index in [1.54, 1.807) is 0 Å². The van der Waals surface area contributed by atoms with Crippen LogP contribution in [-0.4, -0.2) is 29.6 Å². The summed E-state index contributed by atoms with van der Waals surface area (Å²) >= 11 is 0. The van der Waals surface area contributed by atoms with Gasteiger partial charge in [0, 0.05) is 13.3 Å². The highest BCUT2D eigenvalue weighted by Crippen LogP contribution is 1.93. The molecule has 0 saturated heterocycles. The van der Waals surface area contributed by atoms with Gasteiger partial charge >= 0.3 is 5.97 Å². The molecule has 0 amide bonds. The topological polar surface area (TPSA) is 63.6 Å². The SMILES string of the molecule is CC(=O)C[C@H](O)COC(C)=O. The lowest BCUT2D eigenvalue weighted by atomic mass is 10.2. The number of carbonyl (C=O) groups is 2. The summed E-state index contributed by atoms with van der Waals surface area (Å²) < 4.78 is 4.46. The van der Waals surface area contributed by atoms with Gasteiger partial charge in [-0.15, -0.1) is 0 Å². The van der Waals surface area contributed by atoms with Gasteiger partial charge in [0.25, 0.3) is 0 Å². The summed E-state index contributed by atoms with van der Waals surface area (Å²) in [5.41, 5.74) is 0. The Kier molecular flexibility index (Phi) is 4.45. The minimum absolute atomic E-state index is 0.0350. The number of hydrogen-bond donors (Lipinski definition) is 1. The van der Waals surface area contributed by atoms with Crippen molar-refractivity contribution in [3.8, 4) is 0 Å². The second-order valence-electron chi connectivity index (χ2n) is 2.36. The van der Waals surface area contributed by atoms with Gasteiger partial charge in [-0.1, -0.05) is 0 Å². The Labute approximate surface area is 65.2 Å². The third-order valence-corrected chi connectivity index (χ3v) is 1.00. The number of aliphatic hydroxyl groups is 1. The van der Waals surface area contributed by atoms with E-state index in [1.165, 1.54) is 13.8 Å². The number of Topliss-reactive ketones (excluding diaryl/α,β-unsaturated/α-hetero) is 1. The number of esters is 1. The molecule has 0 aromatic heterocycles. The first kappa shape index (κ1) is 10.1. The van der Waals surface area contributed by atoms with E-state index in [9.17, 15) is 9.59 Å². The molecule has 0 aromatic carbocycles. The van der Waals surface area contributed by atoms with Gasteiger partial charge in [0.05, 0.1) is 6.10 Å². The van der Waals surface area contributed by atoms with Gasteiger partial charge in [0.2, 0.25) is 0 Å². The minimum Gasteiger partial charge on any atom is -0.463 e. The van der Waals surface area contributed by atoms with E-state index in [2.05, 4.69) is 4.74 Å². The summed E-state index contributed by atoms with van der Waals surface area (Å²) in [5.74, 6) is -0.572. The average Bonchev–Trinajstić information content (AvgIpc) is 1.82. The van der Waals surface area contributed by atoms with E-state index in [-0.39, 0.29) is 18.8 Å². The van der Waals surface area contributed by atoms with Crippen LogP contribution in [0.4, 0.5) is 0 Å². The molecule has 0 unspecified atom stereocenters. The standard InChI is InChI=1S/C7H12O4/c1-5(8)3-7(10)4-11-6(2)9/h7,10H,3-4H2,1-2H3/t7-/m0/s1. The van der Waals surface area contributed by atoms with Gasteiger partial charge in [-0.25, -0.2) is 0 Å². The molecule has 0 bridgehead atoms. The second kappa shape index (κ2) is 4.85. The first-order chi connectivity index (χ1) is 5.02. The summed E-state index contributed by atoms with van der Waals surface area (Å²) in [6.07, 6.45) is -0.829. The Morgan fingerprint density at radius 2 is 2.00 bits per heavy atom. The average molecular weight is 160 g/mol. The van der Waals surface area contributed by atoms with Gasteiger partial charge in [0.1, 0.15) is 12.4 Å². The molecule has 64 valence electrons. The summed E-state index contributed by atoms with van der Waals surface area (Å²) in [5, 5.41) is 8.97. The van der Waals surface area contributed by atoms with Crippen molar-refractivity contribution in [3.63, 3.8) is 0 Å². The van der Waals surface area contributed by atoms with Crippen LogP contribution in [-0.2, 0) is 14.3 Å². The molecule has 4 heteroatoms. The van der Waals surface area contributed by atoms with Crippen molar-refractivity contribution in [1.82, 2.24) is 0 Å². The molecular weight excluding hydrogens is 148 g/mol. The lowest BCUT2D eigenvalue weighted by molar-refractivity contribution is -0.144. The molecule has 0 aromatic rings. The highest BCUT2D eigenvalue weighted by molar-refractivity contribution is 5.76. The Bertz CT molecular complexity index is 153. The van der Waals surface area contributed by atoms with Crippen molar-refractivity contribution in [2.24, 2.45) is 0 Å². The molecule has 11 heavy (non-hydrogen) atoms. The van der Waals surface area contributed by atoms with Crippen LogP contribution in [0, 0.1) is 0 Å². The zero-order chi connectivity index (χ0) is 8.85. The molecule has 0 heterocycles. The fourth-order valence-corrected chi connectivity index (χ4v) is 0.604. The number of aliphatic hydroxyl groups excluding tert-OH is 1. The van der Waals surface area contributed by atoms with E-state index in [0.29, 0.717) is 0 Å². The Hall–Kier alpha value is -0.900. The normalized spacial score (nSPS) is 12.3. The number of ketones is 1.